The zero-order chi connectivity index (χ0) is 16.0. The van der Waals surface area contributed by atoms with Crippen LogP contribution in [0.25, 0.3) is 0 Å². The summed E-state index contributed by atoms with van der Waals surface area (Å²) in [5, 5.41) is 4.29. The summed E-state index contributed by atoms with van der Waals surface area (Å²) >= 11 is 5.97. The third-order valence-corrected chi connectivity index (χ3v) is 4.11. The second kappa shape index (κ2) is 7.66. The Bertz CT molecular complexity index is 593. The standard InChI is InChI=1S/C19H24ClNO/c1-4-19(2,3)21-13-15-8-10-18(11-9-15)22-14-16-6-5-7-17(20)12-16/h5-12,21H,4,13-14H2,1-3H3. The van der Waals surface area contributed by atoms with Gasteiger partial charge in [0.15, 0.2) is 0 Å². The van der Waals surface area contributed by atoms with Crippen LogP contribution in [0.2, 0.25) is 5.02 Å². The average molecular weight is 318 g/mol. The minimum atomic E-state index is 0.168. The Morgan fingerprint density at radius 3 is 2.41 bits per heavy atom. The molecule has 0 heterocycles. The summed E-state index contributed by atoms with van der Waals surface area (Å²) in [5.74, 6) is 0.874. The van der Waals surface area contributed by atoms with E-state index in [4.69, 9.17) is 16.3 Å². The van der Waals surface area contributed by atoms with Gasteiger partial charge in [-0.1, -0.05) is 42.8 Å². The van der Waals surface area contributed by atoms with E-state index in [-0.39, 0.29) is 5.54 Å². The summed E-state index contributed by atoms with van der Waals surface area (Å²) in [7, 11) is 0. The van der Waals surface area contributed by atoms with Gasteiger partial charge in [0.2, 0.25) is 0 Å². The molecule has 0 fully saturated rings. The molecule has 3 heteroatoms. The Morgan fingerprint density at radius 1 is 1.05 bits per heavy atom. The largest absolute Gasteiger partial charge is 0.489 e. The number of hydrogen-bond donors (Lipinski definition) is 1. The second-order valence-electron chi connectivity index (χ2n) is 6.15. The zero-order valence-corrected chi connectivity index (χ0v) is 14.3. The highest BCUT2D eigenvalue weighted by atomic mass is 35.5. The van der Waals surface area contributed by atoms with Crippen LogP contribution in [0.15, 0.2) is 48.5 Å². The topological polar surface area (TPSA) is 21.3 Å². The third kappa shape index (κ3) is 5.36. The molecule has 2 aromatic rings. The van der Waals surface area contributed by atoms with Crippen molar-refractivity contribution in [1.29, 1.82) is 0 Å². The molecule has 1 N–H and O–H groups in total. The lowest BCUT2D eigenvalue weighted by molar-refractivity contribution is 0.306. The molecule has 0 amide bonds. The number of hydrogen-bond acceptors (Lipinski definition) is 2. The Balaban J connectivity index is 1.86. The highest BCUT2D eigenvalue weighted by Crippen LogP contribution is 2.17. The number of benzene rings is 2. The first-order valence-electron chi connectivity index (χ1n) is 7.70. The van der Waals surface area contributed by atoms with Crippen LogP contribution in [0.5, 0.6) is 5.75 Å². The summed E-state index contributed by atoms with van der Waals surface area (Å²) < 4.78 is 5.79. The van der Waals surface area contributed by atoms with Crippen molar-refractivity contribution in [3.8, 4) is 5.75 Å². The van der Waals surface area contributed by atoms with Gasteiger partial charge in [-0.15, -0.1) is 0 Å². The first kappa shape index (κ1) is 16.9. The molecular formula is C19H24ClNO. The van der Waals surface area contributed by atoms with E-state index in [0.29, 0.717) is 6.61 Å². The van der Waals surface area contributed by atoms with Gasteiger partial charge in [-0.25, -0.2) is 0 Å². The molecule has 2 aromatic carbocycles. The molecule has 0 saturated carbocycles. The minimum Gasteiger partial charge on any atom is -0.489 e. The van der Waals surface area contributed by atoms with E-state index in [1.807, 2.05) is 36.4 Å². The van der Waals surface area contributed by atoms with Gasteiger partial charge in [0.05, 0.1) is 0 Å². The Labute approximate surface area is 138 Å². The Kier molecular flexibility index (Phi) is 5.87. The van der Waals surface area contributed by atoms with Gasteiger partial charge in [-0.3, -0.25) is 0 Å². The quantitative estimate of drug-likeness (QED) is 0.758. The number of halogens is 1. The SMILES string of the molecule is CCC(C)(C)NCc1ccc(OCc2cccc(Cl)c2)cc1. The van der Waals surface area contributed by atoms with E-state index in [1.165, 1.54) is 5.56 Å². The molecule has 0 aliphatic rings. The number of ether oxygens (including phenoxy) is 1. The van der Waals surface area contributed by atoms with Crippen LogP contribution < -0.4 is 10.1 Å². The van der Waals surface area contributed by atoms with Gasteiger partial charge in [0.25, 0.3) is 0 Å². The summed E-state index contributed by atoms with van der Waals surface area (Å²) in [6.45, 7) is 8.03. The third-order valence-electron chi connectivity index (χ3n) is 3.87. The summed E-state index contributed by atoms with van der Waals surface area (Å²) in [6.07, 6.45) is 1.10. The van der Waals surface area contributed by atoms with E-state index in [2.05, 4.69) is 38.2 Å². The van der Waals surface area contributed by atoms with E-state index < -0.39 is 0 Å². The molecule has 2 nitrogen and oxygen atoms in total. The highest BCUT2D eigenvalue weighted by molar-refractivity contribution is 6.30. The van der Waals surface area contributed by atoms with Crippen LogP contribution in [0.3, 0.4) is 0 Å². The zero-order valence-electron chi connectivity index (χ0n) is 13.5. The van der Waals surface area contributed by atoms with Crippen molar-refractivity contribution in [2.24, 2.45) is 0 Å². The fourth-order valence-corrected chi connectivity index (χ4v) is 2.18. The molecule has 118 valence electrons. The molecule has 0 atom stereocenters. The smallest absolute Gasteiger partial charge is 0.119 e. The Hall–Kier alpha value is -1.51. The lowest BCUT2D eigenvalue weighted by Gasteiger charge is -2.24. The van der Waals surface area contributed by atoms with Crippen LogP contribution >= 0.6 is 11.6 Å². The van der Waals surface area contributed by atoms with Crippen molar-refractivity contribution in [3.63, 3.8) is 0 Å². The van der Waals surface area contributed by atoms with Gasteiger partial charge in [-0.05, 0) is 55.7 Å². The molecule has 0 radical (unpaired) electrons. The maximum Gasteiger partial charge on any atom is 0.119 e. The van der Waals surface area contributed by atoms with Crippen molar-refractivity contribution in [2.45, 2.75) is 45.9 Å². The molecule has 0 saturated heterocycles. The maximum atomic E-state index is 5.97. The first-order chi connectivity index (χ1) is 10.5. The molecule has 2 rings (SSSR count). The lowest BCUT2D eigenvalue weighted by atomic mass is 10.0. The minimum absolute atomic E-state index is 0.168. The fraction of sp³-hybridized carbons (Fsp3) is 0.368. The van der Waals surface area contributed by atoms with Crippen LogP contribution in [-0.4, -0.2) is 5.54 Å². The van der Waals surface area contributed by atoms with Gasteiger partial charge < -0.3 is 10.1 Å². The maximum absolute atomic E-state index is 5.97. The van der Waals surface area contributed by atoms with Gasteiger partial charge in [0, 0.05) is 17.1 Å². The summed E-state index contributed by atoms with van der Waals surface area (Å²) in [6, 6.07) is 16.0. The van der Waals surface area contributed by atoms with E-state index in [9.17, 15) is 0 Å². The number of nitrogens with one attached hydrogen (secondary N) is 1. The summed E-state index contributed by atoms with van der Waals surface area (Å²) in [5.41, 5.74) is 2.50. The fourth-order valence-electron chi connectivity index (χ4n) is 1.96. The van der Waals surface area contributed by atoms with Crippen molar-refractivity contribution in [1.82, 2.24) is 5.32 Å². The molecule has 22 heavy (non-hydrogen) atoms. The monoisotopic (exact) mass is 317 g/mol. The van der Waals surface area contributed by atoms with E-state index in [1.54, 1.807) is 0 Å². The van der Waals surface area contributed by atoms with E-state index in [0.717, 1.165) is 29.3 Å². The highest BCUT2D eigenvalue weighted by Gasteiger charge is 2.13. The molecule has 0 bridgehead atoms. The normalized spacial score (nSPS) is 11.5. The lowest BCUT2D eigenvalue weighted by Crippen LogP contribution is -2.37. The Morgan fingerprint density at radius 2 is 1.77 bits per heavy atom. The van der Waals surface area contributed by atoms with Gasteiger partial charge >= 0.3 is 0 Å². The predicted molar refractivity (Wildman–Crippen MR) is 93.4 cm³/mol. The molecule has 0 spiro atoms. The van der Waals surface area contributed by atoms with Crippen LogP contribution in [0, 0.1) is 0 Å². The van der Waals surface area contributed by atoms with Gasteiger partial charge in [0.1, 0.15) is 12.4 Å². The van der Waals surface area contributed by atoms with Crippen molar-refractivity contribution >= 4 is 11.6 Å². The summed E-state index contributed by atoms with van der Waals surface area (Å²) in [4.78, 5) is 0. The van der Waals surface area contributed by atoms with E-state index >= 15 is 0 Å². The predicted octanol–water partition coefficient (Wildman–Crippen LogP) is 5.20. The molecule has 0 aliphatic heterocycles. The second-order valence-corrected chi connectivity index (χ2v) is 6.59. The first-order valence-corrected chi connectivity index (χ1v) is 8.07. The molecular weight excluding hydrogens is 294 g/mol. The van der Waals surface area contributed by atoms with Crippen LogP contribution in [0.1, 0.15) is 38.3 Å². The van der Waals surface area contributed by atoms with Crippen LogP contribution in [-0.2, 0) is 13.2 Å². The van der Waals surface area contributed by atoms with Gasteiger partial charge in [-0.2, -0.15) is 0 Å². The van der Waals surface area contributed by atoms with Crippen LogP contribution in [0.4, 0.5) is 0 Å². The average Bonchev–Trinajstić information content (AvgIpc) is 2.52. The molecule has 0 aromatic heterocycles. The molecule has 0 aliphatic carbocycles. The van der Waals surface area contributed by atoms with Crippen molar-refractivity contribution in [2.75, 3.05) is 0 Å². The molecule has 0 unspecified atom stereocenters. The number of rotatable bonds is 7. The van der Waals surface area contributed by atoms with Crippen molar-refractivity contribution in [3.05, 3.63) is 64.7 Å². The van der Waals surface area contributed by atoms with Crippen molar-refractivity contribution < 1.29 is 4.74 Å².